The van der Waals surface area contributed by atoms with Gasteiger partial charge < -0.3 is 11.1 Å². The maximum atomic E-state index is 12.5. The fourth-order valence-electron chi connectivity index (χ4n) is 3.42. The number of nitriles is 1. The summed E-state index contributed by atoms with van der Waals surface area (Å²) in [6, 6.07) is 7.85. The highest BCUT2D eigenvalue weighted by Crippen LogP contribution is 2.35. The smallest absolute Gasteiger partial charge is 0.252 e. The largest absolute Gasteiger partial charge is 0.383 e. The van der Waals surface area contributed by atoms with Gasteiger partial charge in [-0.25, -0.2) is 9.97 Å². The van der Waals surface area contributed by atoms with Gasteiger partial charge in [0.25, 0.3) is 5.91 Å². The van der Waals surface area contributed by atoms with Crippen molar-refractivity contribution >= 4 is 28.3 Å². The normalized spacial score (nSPS) is 15.5. The number of amides is 1. The number of fused-ring (bicyclic) bond motifs is 1. The van der Waals surface area contributed by atoms with Crippen LogP contribution in [0.1, 0.15) is 25.3 Å². The molecule has 3 N–H and O–H groups in total. The molecule has 3 heterocycles. The zero-order valence-corrected chi connectivity index (χ0v) is 16.2. The lowest BCUT2D eigenvalue weighted by molar-refractivity contribution is -0.112. The standard InChI is InChI=1S/C22H20N6O/c1-12-3-4-25-10-17(12)19-7-16-8-20(26-11-18(16)21(24)27-19)28-22(29)13(2)15-5-14(6-15)9-23/h3-4,7-8,10-11,14H,5-6H2,1-2H3,(H2,24,27)(H,26,28,29). The first kappa shape index (κ1) is 18.6. The van der Waals surface area contributed by atoms with Crippen molar-refractivity contribution in [3.8, 4) is 17.3 Å². The van der Waals surface area contributed by atoms with Crippen molar-refractivity contribution < 1.29 is 4.79 Å². The van der Waals surface area contributed by atoms with E-state index in [4.69, 9.17) is 11.0 Å². The predicted molar refractivity (Wildman–Crippen MR) is 112 cm³/mol. The van der Waals surface area contributed by atoms with Crippen LogP contribution in [-0.2, 0) is 4.79 Å². The summed E-state index contributed by atoms with van der Waals surface area (Å²) >= 11 is 0. The molecule has 7 nitrogen and oxygen atoms in total. The molecule has 0 spiro atoms. The number of nitrogens with two attached hydrogens (primary N) is 1. The maximum Gasteiger partial charge on any atom is 0.252 e. The number of aromatic nitrogens is 3. The first-order chi connectivity index (χ1) is 14.0. The summed E-state index contributed by atoms with van der Waals surface area (Å²) in [6.45, 7) is 3.77. The van der Waals surface area contributed by atoms with Crippen LogP contribution in [0.4, 0.5) is 11.6 Å². The average Bonchev–Trinajstić information content (AvgIpc) is 2.67. The lowest BCUT2D eigenvalue weighted by atomic mass is 9.78. The molecule has 0 unspecified atom stereocenters. The fraction of sp³-hybridized carbons (Fsp3) is 0.227. The summed E-state index contributed by atoms with van der Waals surface area (Å²) < 4.78 is 0. The molecule has 0 aromatic carbocycles. The summed E-state index contributed by atoms with van der Waals surface area (Å²) in [5.41, 5.74) is 10.5. The van der Waals surface area contributed by atoms with Crippen molar-refractivity contribution in [2.45, 2.75) is 26.7 Å². The molecule has 0 aliphatic heterocycles. The molecule has 7 heteroatoms. The van der Waals surface area contributed by atoms with Gasteiger partial charge in [-0.2, -0.15) is 5.26 Å². The molecule has 29 heavy (non-hydrogen) atoms. The number of hydrogen-bond acceptors (Lipinski definition) is 6. The van der Waals surface area contributed by atoms with Crippen LogP contribution in [-0.4, -0.2) is 20.9 Å². The van der Waals surface area contributed by atoms with Crippen molar-refractivity contribution in [1.29, 1.82) is 5.26 Å². The van der Waals surface area contributed by atoms with E-state index in [1.54, 1.807) is 31.6 Å². The Bertz CT molecular complexity index is 1200. The predicted octanol–water partition coefficient (Wildman–Crippen LogP) is 3.77. The van der Waals surface area contributed by atoms with Gasteiger partial charge in [-0.15, -0.1) is 0 Å². The van der Waals surface area contributed by atoms with Crippen LogP contribution in [0.5, 0.6) is 0 Å². The van der Waals surface area contributed by atoms with Crippen LogP contribution < -0.4 is 11.1 Å². The van der Waals surface area contributed by atoms with Crippen LogP contribution >= 0.6 is 0 Å². The summed E-state index contributed by atoms with van der Waals surface area (Å²) in [4.78, 5) is 25.5. The molecule has 3 aromatic rings. The minimum atomic E-state index is -0.200. The SMILES string of the molecule is CC(C(=O)Nc1cc2cc(-c3cnccc3C)nc(N)c2cn1)=C1CC(C#N)C1. The number of nitrogens with one attached hydrogen (secondary N) is 1. The molecular formula is C22H20N6O. The number of allylic oxidation sites excluding steroid dienone is 1. The quantitative estimate of drug-likeness (QED) is 0.664. The maximum absolute atomic E-state index is 12.5. The molecule has 1 aliphatic rings. The number of pyridine rings is 3. The molecule has 1 fully saturated rings. The molecule has 4 rings (SSSR count). The van der Waals surface area contributed by atoms with Crippen LogP contribution in [0, 0.1) is 24.2 Å². The second kappa shape index (κ2) is 7.32. The fourth-order valence-corrected chi connectivity index (χ4v) is 3.42. The highest BCUT2D eigenvalue weighted by Gasteiger charge is 2.26. The molecule has 1 aliphatic carbocycles. The minimum absolute atomic E-state index is 0.0244. The molecule has 0 radical (unpaired) electrons. The van der Waals surface area contributed by atoms with Gasteiger partial charge in [0, 0.05) is 35.1 Å². The Morgan fingerprint density at radius 1 is 1.31 bits per heavy atom. The Morgan fingerprint density at radius 2 is 2.10 bits per heavy atom. The van der Waals surface area contributed by atoms with E-state index in [9.17, 15) is 4.79 Å². The van der Waals surface area contributed by atoms with Crippen LogP contribution in [0.25, 0.3) is 22.0 Å². The molecule has 1 saturated carbocycles. The number of carbonyl (C=O) groups excluding carboxylic acids is 1. The highest BCUT2D eigenvalue weighted by molar-refractivity contribution is 6.04. The zero-order chi connectivity index (χ0) is 20.5. The van der Waals surface area contributed by atoms with Gasteiger partial charge >= 0.3 is 0 Å². The first-order valence-electron chi connectivity index (χ1n) is 9.33. The van der Waals surface area contributed by atoms with E-state index in [1.807, 2.05) is 19.1 Å². The van der Waals surface area contributed by atoms with Gasteiger partial charge in [0.15, 0.2) is 0 Å². The number of aryl methyl sites for hydroxylation is 1. The number of anilines is 2. The van der Waals surface area contributed by atoms with E-state index in [-0.39, 0.29) is 11.8 Å². The number of carbonyl (C=O) groups is 1. The van der Waals surface area contributed by atoms with Gasteiger partial charge in [0.05, 0.1) is 17.7 Å². The van der Waals surface area contributed by atoms with E-state index in [0.717, 1.165) is 33.2 Å². The molecular weight excluding hydrogens is 364 g/mol. The van der Waals surface area contributed by atoms with E-state index in [1.165, 1.54) is 0 Å². The summed E-state index contributed by atoms with van der Waals surface area (Å²) in [5.74, 6) is 0.643. The monoisotopic (exact) mass is 384 g/mol. The lowest BCUT2D eigenvalue weighted by Crippen LogP contribution is -2.21. The molecule has 1 amide bonds. The van der Waals surface area contributed by atoms with Crippen LogP contribution in [0.15, 0.2) is 47.9 Å². The summed E-state index contributed by atoms with van der Waals surface area (Å²) in [6.07, 6.45) is 6.44. The second-order valence-corrected chi connectivity index (χ2v) is 7.29. The Morgan fingerprint density at radius 3 is 2.83 bits per heavy atom. The Kier molecular flexibility index (Phi) is 4.69. The number of nitrogen functional groups attached to an aromatic ring is 1. The number of hydrogen-bond donors (Lipinski definition) is 2. The third-order valence-corrected chi connectivity index (χ3v) is 5.34. The third-order valence-electron chi connectivity index (χ3n) is 5.34. The molecule has 144 valence electrons. The summed E-state index contributed by atoms with van der Waals surface area (Å²) in [7, 11) is 0. The van der Waals surface area contributed by atoms with Crippen LogP contribution in [0.2, 0.25) is 0 Å². The van der Waals surface area contributed by atoms with E-state index in [0.29, 0.717) is 30.1 Å². The number of rotatable bonds is 3. The van der Waals surface area contributed by atoms with E-state index < -0.39 is 0 Å². The average molecular weight is 384 g/mol. The minimum Gasteiger partial charge on any atom is -0.383 e. The molecule has 3 aromatic heterocycles. The van der Waals surface area contributed by atoms with E-state index >= 15 is 0 Å². The Labute approximate surface area is 168 Å². The Hall–Kier alpha value is -3.79. The zero-order valence-electron chi connectivity index (χ0n) is 16.2. The highest BCUT2D eigenvalue weighted by atomic mass is 16.1. The van der Waals surface area contributed by atoms with Crippen molar-refractivity contribution in [3.05, 3.63) is 53.5 Å². The second-order valence-electron chi connectivity index (χ2n) is 7.29. The Balaban J connectivity index is 1.65. The summed E-state index contributed by atoms with van der Waals surface area (Å²) in [5, 5.41) is 13.3. The topological polar surface area (TPSA) is 118 Å². The molecule has 0 saturated heterocycles. The van der Waals surface area contributed by atoms with Gasteiger partial charge in [0.2, 0.25) is 0 Å². The van der Waals surface area contributed by atoms with Crippen molar-refractivity contribution in [3.63, 3.8) is 0 Å². The lowest BCUT2D eigenvalue weighted by Gasteiger charge is -2.25. The van der Waals surface area contributed by atoms with Crippen molar-refractivity contribution in [1.82, 2.24) is 15.0 Å². The third kappa shape index (κ3) is 3.52. The van der Waals surface area contributed by atoms with Gasteiger partial charge in [-0.3, -0.25) is 9.78 Å². The van der Waals surface area contributed by atoms with Crippen LogP contribution in [0.3, 0.4) is 0 Å². The van der Waals surface area contributed by atoms with Crippen molar-refractivity contribution in [2.75, 3.05) is 11.1 Å². The van der Waals surface area contributed by atoms with Gasteiger partial charge in [-0.1, -0.05) is 5.57 Å². The van der Waals surface area contributed by atoms with E-state index in [2.05, 4.69) is 26.3 Å². The van der Waals surface area contributed by atoms with Gasteiger partial charge in [-0.05, 0) is 55.8 Å². The van der Waals surface area contributed by atoms with Crippen molar-refractivity contribution in [2.24, 2.45) is 5.92 Å². The van der Waals surface area contributed by atoms with Gasteiger partial charge in [0.1, 0.15) is 11.6 Å². The molecule has 0 atom stereocenters. The number of nitrogens with zero attached hydrogens (tertiary/aromatic N) is 4. The molecule has 0 bridgehead atoms. The first-order valence-corrected chi connectivity index (χ1v) is 9.33.